The molecule has 1 aromatic carbocycles. The van der Waals surface area contributed by atoms with Crippen molar-refractivity contribution in [2.45, 2.75) is 32.8 Å². The Bertz CT molecular complexity index is 815. The number of aromatic nitrogens is 1. The third kappa shape index (κ3) is 6.84. The first-order valence-electron chi connectivity index (χ1n) is 9.59. The lowest BCUT2D eigenvalue weighted by Crippen LogP contribution is -2.15. The lowest BCUT2D eigenvalue weighted by molar-refractivity contribution is -0.116. The average molecular weight is 397 g/mol. The van der Waals surface area contributed by atoms with Crippen LogP contribution in [0, 0.1) is 5.92 Å². The Hall–Kier alpha value is -2.99. The van der Waals surface area contributed by atoms with Gasteiger partial charge < -0.3 is 14.6 Å². The Balaban J connectivity index is 2.14. The number of aliphatic hydroxyl groups excluding tert-OH is 1. The molecule has 0 bridgehead atoms. The van der Waals surface area contributed by atoms with E-state index in [2.05, 4.69) is 11.6 Å². The van der Waals surface area contributed by atoms with E-state index < -0.39 is 12.1 Å². The second kappa shape index (κ2) is 11.1. The fourth-order valence-corrected chi connectivity index (χ4v) is 2.66. The molecule has 0 aliphatic rings. The standard InChI is InChI=1S/C23H27NO5/c1-16(2)17(3)21(26)10-11-22(29-23(27)19-5-4-12-24-15-19)18-6-8-20(9-7-18)28-14-13-25/h4-9,12,15-16,22,25H,3,10-11,13-14H2,1-2H3/t22-/m0/s1. The van der Waals surface area contributed by atoms with Crippen molar-refractivity contribution in [3.8, 4) is 5.75 Å². The van der Waals surface area contributed by atoms with Gasteiger partial charge in [0.15, 0.2) is 5.78 Å². The quantitative estimate of drug-likeness (QED) is 0.457. The van der Waals surface area contributed by atoms with Crippen molar-refractivity contribution in [1.29, 1.82) is 0 Å². The molecule has 0 radical (unpaired) electrons. The van der Waals surface area contributed by atoms with Crippen LogP contribution in [0.2, 0.25) is 0 Å². The number of ether oxygens (including phenoxy) is 2. The van der Waals surface area contributed by atoms with E-state index in [1.165, 1.54) is 6.20 Å². The number of esters is 1. The molecule has 154 valence electrons. The number of pyridine rings is 1. The second-order valence-corrected chi connectivity index (χ2v) is 6.92. The van der Waals surface area contributed by atoms with Crippen LogP contribution in [-0.4, -0.2) is 35.1 Å². The molecule has 1 N–H and O–H groups in total. The van der Waals surface area contributed by atoms with Crippen molar-refractivity contribution < 1.29 is 24.2 Å². The predicted molar refractivity (Wildman–Crippen MR) is 110 cm³/mol. The van der Waals surface area contributed by atoms with Crippen LogP contribution in [-0.2, 0) is 9.53 Å². The highest BCUT2D eigenvalue weighted by atomic mass is 16.5. The van der Waals surface area contributed by atoms with E-state index in [-0.39, 0.29) is 31.3 Å². The Labute approximate surface area is 171 Å². The maximum Gasteiger partial charge on any atom is 0.340 e. The molecule has 0 unspecified atom stereocenters. The van der Waals surface area contributed by atoms with Gasteiger partial charge in [-0.25, -0.2) is 4.79 Å². The number of hydrogen-bond acceptors (Lipinski definition) is 6. The highest BCUT2D eigenvalue weighted by molar-refractivity contribution is 5.95. The van der Waals surface area contributed by atoms with Gasteiger partial charge in [-0.3, -0.25) is 9.78 Å². The van der Waals surface area contributed by atoms with Crippen LogP contribution in [0.15, 0.2) is 60.9 Å². The van der Waals surface area contributed by atoms with E-state index in [1.807, 2.05) is 13.8 Å². The topological polar surface area (TPSA) is 85.7 Å². The van der Waals surface area contributed by atoms with E-state index in [1.54, 1.807) is 42.6 Å². The van der Waals surface area contributed by atoms with Crippen LogP contribution in [0.25, 0.3) is 0 Å². The number of carbonyl (C=O) groups is 2. The smallest absolute Gasteiger partial charge is 0.340 e. The molecule has 29 heavy (non-hydrogen) atoms. The minimum absolute atomic E-state index is 0.0367. The van der Waals surface area contributed by atoms with E-state index in [4.69, 9.17) is 14.6 Å². The maximum absolute atomic E-state index is 12.5. The first-order chi connectivity index (χ1) is 13.9. The molecule has 0 aliphatic heterocycles. The second-order valence-electron chi connectivity index (χ2n) is 6.92. The van der Waals surface area contributed by atoms with E-state index in [0.29, 0.717) is 23.3 Å². The summed E-state index contributed by atoms with van der Waals surface area (Å²) in [5.41, 5.74) is 1.66. The minimum atomic E-state index is -0.599. The molecule has 0 fully saturated rings. The molecular weight excluding hydrogens is 370 g/mol. The van der Waals surface area contributed by atoms with Crippen LogP contribution >= 0.6 is 0 Å². The summed E-state index contributed by atoms with van der Waals surface area (Å²) < 4.78 is 11.1. The lowest BCUT2D eigenvalue weighted by atomic mass is 9.95. The van der Waals surface area contributed by atoms with Gasteiger partial charge in [-0.05, 0) is 47.7 Å². The van der Waals surface area contributed by atoms with Crippen molar-refractivity contribution in [3.05, 3.63) is 72.1 Å². The normalized spacial score (nSPS) is 11.7. The number of nitrogens with zero attached hydrogens (tertiary/aromatic N) is 1. The Morgan fingerprint density at radius 2 is 1.90 bits per heavy atom. The van der Waals surface area contributed by atoms with Crippen LogP contribution in [0.3, 0.4) is 0 Å². The van der Waals surface area contributed by atoms with Gasteiger partial charge in [0.2, 0.25) is 0 Å². The molecular formula is C23H27NO5. The summed E-state index contributed by atoms with van der Waals surface area (Å²) in [5.74, 6) is 0.135. The van der Waals surface area contributed by atoms with Crippen LogP contribution in [0.1, 0.15) is 48.7 Å². The van der Waals surface area contributed by atoms with E-state index >= 15 is 0 Å². The number of rotatable bonds is 11. The minimum Gasteiger partial charge on any atom is -0.491 e. The largest absolute Gasteiger partial charge is 0.491 e. The average Bonchev–Trinajstić information content (AvgIpc) is 2.75. The Morgan fingerprint density at radius 3 is 2.48 bits per heavy atom. The number of Topliss-reactive ketones (excluding diaryl/α,β-unsaturated/α-hetero) is 1. The van der Waals surface area contributed by atoms with Crippen molar-refractivity contribution in [1.82, 2.24) is 4.98 Å². The summed E-state index contributed by atoms with van der Waals surface area (Å²) in [6, 6.07) is 10.3. The van der Waals surface area contributed by atoms with Gasteiger partial charge >= 0.3 is 5.97 Å². The molecule has 0 spiro atoms. The van der Waals surface area contributed by atoms with Gasteiger partial charge in [0, 0.05) is 18.8 Å². The SMILES string of the molecule is C=C(C(=O)CC[C@H](OC(=O)c1cccnc1)c1ccc(OCCO)cc1)C(C)C. The fourth-order valence-electron chi connectivity index (χ4n) is 2.66. The molecule has 1 aromatic heterocycles. The molecule has 0 saturated carbocycles. The van der Waals surface area contributed by atoms with Crippen LogP contribution in [0.5, 0.6) is 5.75 Å². The summed E-state index contributed by atoms with van der Waals surface area (Å²) >= 11 is 0. The first-order valence-corrected chi connectivity index (χ1v) is 9.59. The molecule has 2 aromatic rings. The molecule has 0 saturated heterocycles. The predicted octanol–water partition coefficient (Wildman–Crippen LogP) is 3.91. The summed E-state index contributed by atoms with van der Waals surface area (Å²) in [6.45, 7) is 7.82. The zero-order valence-electron chi connectivity index (χ0n) is 16.8. The van der Waals surface area contributed by atoms with Crippen molar-refractivity contribution in [2.24, 2.45) is 5.92 Å². The third-order valence-electron chi connectivity index (χ3n) is 4.45. The van der Waals surface area contributed by atoms with Crippen LogP contribution < -0.4 is 4.74 Å². The third-order valence-corrected chi connectivity index (χ3v) is 4.45. The molecule has 6 heteroatoms. The highest BCUT2D eigenvalue weighted by Crippen LogP contribution is 2.27. The Kier molecular flexibility index (Phi) is 8.55. The molecule has 2 rings (SSSR count). The Morgan fingerprint density at radius 1 is 1.17 bits per heavy atom. The summed E-state index contributed by atoms with van der Waals surface area (Å²) in [5, 5.41) is 8.86. The summed E-state index contributed by atoms with van der Waals surface area (Å²) in [6.07, 6.45) is 2.99. The zero-order chi connectivity index (χ0) is 21.2. The monoisotopic (exact) mass is 397 g/mol. The van der Waals surface area contributed by atoms with Crippen molar-refractivity contribution >= 4 is 11.8 Å². The summed E-state index contributed by atoms with van der Waals surface area (Å²) in [7, 11) is 0. The van der Waals surface area contributed by atoms with Gasteiger partial charge in [-0.1, -0.05) is 32.6 Å². The lowest BCUT2D eigenvalue weighted by Gasteiger charge is -2.19. The maximum atomic E-state index is 12.5. The van der Waals surface area contributed by atoms with Gasteiger partial charge in [-0.2, -0.15) is 0 Å². The molecule has 0 amide bonds. The highest BCUT2D eigenvalue weighted by Gasteiger charge is 2.21. The van der Waals surface area contributed by atoms with Crippen LogP contribution in [0.4, 0.5) is 0 Å². The number of allylic oxidation sites excluding steroid dienone is 1. The van der Waals surface area contributed by atoms with Crippen molar-refractivity contribution in [3.63, 3.8) is 0 Å². The number of aliphatic hydroxyl groups is 1. The molecule has 0 aliphatic carbocycles. The molecule has 1 atom stereocenters. The van der Waals surface area contributed by atoms with Gasteiger partial charge in [0.25, 0.3) is 0 Å². The number of carbonyl (C=O) groups excluding carboxylic acids is 2. The number of benzene rings is 1. The number of ketones is 1. The first kappa shape index (κ1) is 22.3. The van der Waals surface area contributed by atoms with E-state index in [9.17, 15) is 9.59 Å². The summed E-state index contributed by atoms with van der Waals surface area (Å²) in [4.78, 5) is 28.8. The zero-order valence-corrected chi connectivity index (χ0v) is 16.8. The van der Waals surface area contributed by atoms with Gasteiger partial charge in [0.1, 0.15) is 18.5 Å². The van der Waals surface area contributed by atoms with E-state index in [0.717, 1.165) is 5.56 Å². The van der Waals surface area contributed by atoms with Crippen molar-refractivity contribution in [2.75, 3.05) is 13.2 Å². The van der Waals surface area contributed by atoms with Gasteiger partial charge in [-0.15, -0.1) is 0 Å². The van der Waals surface area contributed by atoms with Gasteiger partial charge in [0.05, 0.1) is 12.2 Å². The molecule has 1 heterocycles. The fraction of sp³-hybridized carbons (Fsp3) is 0.348. The molecule has 6 nitrogen and oxygen atoms in total. The number of hydrogen-bond donors (Lipinski definition) is 1.